The number of alkyl halides is 3. The zero-order valence-corrected chi connectivity index (χ0v) is 13.8. The first-order valence-corrected chi connectivity index (χ1v) is 7.75. The first kappa shape index (κ1) is 17.6. The highest BCUT2D eigenvalue weighted by Crippen LogP contribution is 2.31. The Kier molecular flexibility index (Phi) is 4.49. The zero-order valence-electron chi connectivity index (χ0n) is 13.0. The van der Waals surface area contributed by atoms with Crippen LogP contribution < -0.4 is 5.56 Å². The smallest absolute Gasteiger partial charge is 0.331 e. The van der Waals surface area contributed by atoms with Crippen LogP contribution in [0.3, 0.4) is 0 Å². The number of H-pyrrole nitrogens is 2. The summed E-state index contributed by atoms with van der Waals surface area (Å²) < 4.78 is 38.0. The van der Waals surface area contributed by atoms with E-state index >= 15 is 0 Å². The fourth-order valence-corrected chi connectivity index (χ4v) is 2.69. The van der Waals surface area contributed by atoms with E-state index in [4.69, 9.17) is 17.5 Å². The normalized spacial score (nSPS) is 11.2. The van der Waals surface area contributed by atoms with Gasteiger partial charge in [0.05, 0.1) is 11.3 Å². The Morgan fingerprint density at radius 3 is 1.88 bits per heavy atom. The molecule has 1 aromatic heterocycles. The molecule has 3 aromatic rings. The first-order valence-electron chi connectivity index (χ1n) is 7.34. The summed E-state index contributed by atoms with van der Waals surface area (Å²) in [5.41, 5.74) is 0.773. The van der Waals surface area contributed by atoms with Crippen LogP contribution in [0.1, 0.15) is 11.1 Å². The van der Waals surface area contributed by atoms with Crippen LogP contribution in [0, 0.1) is 16.1 Å². The van der Waals surface area contributed by atoms with Gasteiger partial charge in [-0.05, 0) is 41.0 Å². The standard InChI is InChI=1S/C18H10F3N3OS/c19-18(20,21)13-7-5-11(6-8-13)10-1-3-12(4-2-10)15-14(9-22)16(25)24-17(26)23-15/h1-8H,(H2,23,24,25,26). The van der Waals surface area contributed by atoms with E-state index in [-0.39, 0.29) is 10.3 Å². The Morgan fingerprint density at radius 2 is 1.38 bits per heavy atom. The maximum Gasteiger partial charge on any atom is 0.416 e. The van der Waals surface area contributed by atoms with Gasteiger partial charge < -0.3 is 4.98 Å². The van der Waals surface area contributed by atoms with Gasteiger partial charge in [0.25, 0.3) is 5.56 Å². The molecule has 0 spiro atoms. The van der Waals surface area contributed by atoms with Gasteiger partial charge >= 0.3 is 6.18 Å². The molecule has 0 aliphatic carbocycles. The molecule has 0 unspecified atom stereocenters. The van der Waals surface area contributed by atoms with E-state index in [1.54, 1.807) is 24.3 Å². The van der Waals surface area contributed by atoms with Gasteiger partial charge in [0, 0.05) is 0 Å². The van der Waals surface area contributed by atoms with E-state index in [0.29, 0.717) is 22.4 Å². The highest BCUT2D eigenvalue weighted by Gasteiger charge is 2.29. The molecule has 4 nitrogen and oxygen atoms in total. The van der Waals surface area contributed by atoms with Crippen LogP contribution in [0.15, 0.2) is 53.3 Å². The van der Waals surface area contributed by atoms with Crippen molar-refractivity contribution in [1.29, 1.82) is 5.26 Å². The van der Waals surface area contributed by atoms with Gasteiger partial charge in [-0.15, -0.1) is 0 Å². The van der Waals surface area contributed by atoms with Crippen LogP contribution in [-0.2, 0) is 6.18 Å². The number of nitrogens with one attached hydrogen (secondary N) is 2. The summed E-state index contributed by atoms with van der Waals surface area (Å²) in [5.74, 6) is 0. The van der Waals surface area contributed by atoms with E-state index in [1.807, 2.05) is 6.07 Å². The number of nitrogens with zero attached hydrogens (tertiary/aromatic N) is 1. The Morgan fingerprint density at radius 1 is 0.885 bits per heavy atom. The van der Waals surface area contributed by atoms with Gasteiger partial charge in [-0.1, -0.05) is 36.4 Å². The molecule has 0 amide bonds. The van der Waals surface area contributed by atoms with Gasteiger partial charge in [0.15, 0.2) is 4.77 Å². The van der Waals surface area contributed by atoms with E-state index in [0.717, 1.165) is 12.1 Å². The van der Waals surface area contributed by atoms with Crippen molar-refractivity contribution in [3.05, 3.63) is 74.8 Å². The lowest BCUT2D eigenvalue weighted by Gasteiger charge is -2.09. The lowest BCUT2D eigenvalue weighted by atomic mass is 10.0. The third-order valence-corrected chi connectivity index (χ3v) is 3.98. The topological polar surface area (TPSA) is 72.4 Å². The maximum absolute atomic E-state index is 12.6. The molecular formula is C18H10F3N3OS. The van der Waals surface area contributed by atoms with E-state index in [2.05, 4.69) is 9.97 Å². The van der Waals surface area contributed by atoms with E-state index in [9.17, 15) is 18.0 Å². The van der Waals surface area contributed by atoms with Gasteiger partial charge in [-0.25, -0.2) is 0 Å². The summed E-state index contributed by atoms with van der Waals surface area (Å²) in [4.78, 5) is 16.9. The minimum Gasteiger partial charge on any atom is -0.331 e. The monoisotopic (exact) mass is 373 g/mol. The molecule has 0 bridgehead atoms. The molecule has 1 heterocycles. The molecule has 2 N–H and O–H groups in total. The molecule has 0 saturated heterocycles. The van der Waals surface area contributed by atoms with Gasteiger partial charge in [0.1, 0.15) is 11.6 Å². The second-order valence-electron chi connectivity index (χ2n) is 5.42. The molecule has 0 aliphatic heterocycles. The van der Waals surface area contributed by atoms with Crippen molar-refractivity contribution in [3.8, 4) is 28.5 Å². The number of hydrogen-bond acceptors (Lipinski definition) is 3. The summed E-state index contributed by atoms with van der Waals surface area (Å²) in [6.07, 6.45) is -4.38. The fourth-order valence-electron chi connectivity index (χ4n) is 2.49. The molecule has 8 heteroatoms. The van der Waals surface area contributed by atoms with E-state index < -0.39 is 17.3 Å². The summed E-state index contributed by atoms with van der Waals surface area (Å²) in [6, 6.07) is 13.3. The lowest BCUT2D eigenvalue weighted by molar-refractivity contribution is -0.137. The van der Waals surface area contributed by atoms with Crippen LogP contribution in [0.25, 0.3) is 22.4 Å². The van der Waals surface area contributed by atoms with E-state index in [1.165, 1.54) is 12.1 Å². The molecule has 26 heavy (non-hydrogen) atoms. The summed E-state index contributed by atoms with van der Waals surface area (Å²) in [7, 11) is 0. The summed E-state index contributed by atoms with van der Waals surface area (Å²) >= 11 is 4.93. The third-order valence-electron chi connectivity index (χ3n) is 3.77. The second-order valence-corrected chi connectivity index (χ2v) is 5.83. The predicted octanol–water partition coefficient (Wildman–Crippen LogP) is 4.66. The summed E-state index contributed by atoms with van der Waals surface area (Å²) in [5, 5.41) is 9.16. The minimum atomic E-state index is -4.38. The quantitative estimate of drug-likeness (QED) is 0.642. The Hall–Kier alpha value is -3.18. The van der Waals surface area contributed by atoms with Crippen molar-refractivity contribution in [1.82, 2.24) is 9.97 Å². The molecule has 0 radical (unpaired) electrons. The Labute approximate surface area is 150 Å². The fraction of sp³-hybridized carbons (Fsp3) is 0.0556. The van der Waals surface area contributed by atoms with Crippen molar-refractivity contribution < 1.29 is 13.2 Å². The second kappa shape index (κ2) is 6.61. The third kappa shape index (κ3) is 3.43. The zero-order chi connectivity index (χ0) is 18.9. The van der Waals surface area contributed by atoms with Crippen LogP contribution in [0.4, 0.5) is 13.2 Å². The van der Waals surface area contributed by atoms with Gasteiger partial charge in [0.2, 0.25) is 0 Å². The first-order chi connectivity index (χ1) is 12.3. The largest absolute Gasteiger partial charge is 0.416 e. The van der Waals surface area contributed by atoms with Crippen molar-refractivity contribution in [3.63, 3.8) is 0 Å². The number of halogens is 3. The molecule has 0 fully saturated rings. The Bertz CT molecular complexity index is 1110. The van der Waals surface area contributed by atoms with Gasteiger partial charge in [-0.2, -0.15) is 18.4 Å². The summed E-state index contributed by atoms with van der Waals surface area (Å²) in [6.45, 7) is 0. The minimum absolute atomic E-state index is 0.0933. The number of rotatable bonds is 2. The average Bonchev–Trinajstić information content (AvgIpc) is 2.61. The molecular weight excluding hydrogens is 363 g/mol. The molecule has 0 saturated carbocycles. The SMILES string of the molecule is N#Cc1c(-c2ccc(-c3ccc(C(F)(F)F)cc3)cc2)[nH]c(=S)[nH]c1=O. The molecule has 0 atom stereocenters. The molecule has 0 aliphatic rings. The predicted molar refractivity (Wildman–Crippen MR) is 92.8 cm³/mol. The van der Waals surface area contributed by atoms with Crippen LogP contribution >= 0.6 is 12.2 Å². The van der Waals surface area contributed by atoms with Crippen molar-refractivity contribution >= 4 is 12.2 Å². The Balaban J connectivity index is 1.99. The van der Waals surface area contributed by atoms with Crippen molar-refractivity contribution in [2.24, 2.45) is 0 Å². The van der Waals surface area contributed by atoms with Crippen molar-refractivity contribution in [2.75, 3.05) is 0 Å². The molecule has 130 valence electrons. The molecule has 3 rings (SSSR count). The lowest BCUT2D eigenvalue weighted by Crippen LogP contribution is -2.13. The number of aromatic amines is 2. The maximum atomic E-state index is 12.6. The van der Waals surface area contributed by atoms with Gasteiger partial charge in [-0.3, -0.25) is 9.78 Å². The number of hydrogen-bond donors (Lipinski definition) is 2. The van der Waals surface area contributed by atoms with Crippen LogP contribution in [0.5, 0.6) is 0 Å². The number of benzene rings is 2. The molecule has 2 aromatic carbocycles. The number of aromatic nitrogens is 2. The van der Waals surface area contributed by atoms with Crippen LogP contribution in [-0.4, -0.2) is 9.97 Å². The van der Waals surface area contributed by atoms with Crippen molar-refractivity contribution in [2.45, 2.75) is 6.18 Å². The average molecular weight is 373 g/mol. The van der Waals surface area contributed by atoms with Crippen LogP contribution in [0.2, 0.25) is 0 Å². The number of nitriles is 1. The highest BCUT2D eigenvalue weighted by atomic mass is 32.1. The highest BCUT2D eigenvalue weighted by molar-refractivity contribution is 7.71.